The molecule has 1 aromatic heterocycles. The average Bonchev–Trinajstić information content (AvgIpc) is 1.97. The molecule has 0 saturated heterocycles. The van der Waals surface area contributed by atoms with Crippen molar-refractivity contribution < 1.29 is 4.74 Å². The summed E-state index contributed by atoms with van der Waals surface area (Å²) >= 11 is 3.35. The number of hydrogen-bond donors (Lipinski definition) is 0. The Kier molecular flexibility index (Phi) is 2.49. The molecule has 1 aromatic rings. The molecule has 0 aliphatic carbocycles. The third-order valence-electron chi connectivity index (χ3n) is 1.58. The average molecular weight is 216 g/mol. The van der Waals surface area contributed by atoms with Gasteiger partial charge < -0.3 is 4.74 Å². The summed E-state index contributed by atoms with van der Waals surface area (Å²) < 4.78 is 5.93. The van der Waals surface area contributed by atoms with Crippen molar-refractivity contribution in [2.45, 2.75) is 13.8 Å². The normalized spacial score (nSPS) is 9.82. The molecule has 1 rings (SSSR count). The monoisotopic (exact) mass is 215 g/mol. The Morgan fingerprint density at radius 2 is 2.09 bits per heavy atom. The van der Waals surface area contributed by atoms with Crippen LogP contribution in [0.25, 0.3) is 0 Å². The number of methoxy groups -OCH3 is 1. The van der Waals surface area contributed by atoms with Crippen LogP contribution < -0.4 is 4.74 Å². The second-order valence-corrected chi connectivity index (χ2v) is 3.24. The van der Waals surface area contributed by atoms with E-state index in [1.807, 2.05) is 19.9 Å². The van der Waals surface area contributed by atoms with Gasteiger partial charge in [-0.2, -0.15) is 0 Å². The Morgan fingerprint density at radius 3 is 2.64 bits per heavy atom. The Balaban J connectivity index is 3.21. The Labute approximate surface area is 74.7 Å². The highest BCUT2D eigenvalue weighted by molar-refractivity contribution is 9.10. The first kappa shape index (κ1) is 8.53. The number of aryl methyl sites for hydroxylation is 2. The van der Waals surface area contributed by atoms with E-state index in [0.717, 1.165) is 15.7 Å². The predicted molar refractivity (Wildman–Crippen MR) is 48.0 cm³/mol. The second-order valence-electron chi connectivity index (χ2n) is 2.38. The summed E-state index contributed by atoms with van der Waals surface area (Å²) in [7, 11) is 1.61. The molecule has 0 bridgehead atoms. The lowest BCUT2D eigenvalue weighted by atomic mass is 10.2. The van der Waals surface area contributed by atoms with Crippen LogP contribution in [-0.4, -0.2) is 12.1 Å². The third-order valence-corrected chi connectivity index (χ3v) is 2.15. The molecule has 2 nitrogen and oxygen atoms in total. The zero-order valence-corrected chi connectivity index (χ0v) is 8.40. The van der Waals surface area contributed by atoms with Crippen LogP contribution in [0.3, 0.4) is 0 Å². The lowest BCUT2D eigenvalue weighted by Crippen LogP contribution is -1.93. The van der Waals surface area contributed by atoms with Crippen LogP contribution in [0.4, 0.5) is 0 Å². The van der Waals surface area contributed by atoms with Gasteiger partial charge in [-0.3, -0.25) is 0 Å². The van der Waals surface area contributed by atoms with Gasteiger partial charge in [0.2, 0.25) is 5.88 Å². The fourth-order valence-electron chi connectivity index (χ4n) is 0.793. The van der Waals surface area contributed by atoms with E-state index < -0.39 is 0 Å². The van der Waals surface area contributed by atoms with Crippen LogP contribution >= 0.6 is 15.9 Å². The van der Waals surface area contributed by atoms with Crippen molar-refractivity contribution >= 4 is 15.9 Å². The molecule has 0 spiro atoms. The maximum absolute atomic E-state index is 5.02. The summed E-state index contributed by atoms with van der Waals surface area (Å²) in [4.78, 5) is 4.22. The summed E-state index contributed by atoms with van der Waals surface area (Å²) in [6, 6.07) is 2.00. The molecule has 0 radical (unpaired) electrons. The number of ether oxygens (including phenoxy) is 1. The van der Waals surface area contributed by atoms with Crippen molar-refractivity contribution in [1.82, 2.24) is 4.98 Å². The maximum Gasteiger partial charge on any atom is 0.227 e. The quantitative estimate of drug-likeness (QED) is 0.719. The van der Waals surface area contributed by atoms with Crippen molar-refractivity contribution in [2.24, 2.45) is 0 Å². The highest BCUT2D eigenvalue weighted by Gasteiger charge is 2.03. The number of pyridine rings is 1. The van der Waals surface area contributed by atoms with Crippen LogP contribution in [0.15, 0.2) is 10.5 Å². The predicted octanol–water partition coefficient (Wildman–Crippen LogP) is 2.47. The number of rotatable bonds is 1. The first-order chi connectivity index (χ1) is 5.15. The highest BCUT2D eigenvalue weighted by atomic mass is 79.9. The van der Waals surface area contributed by atoms with Gasteiger partial charge in [-0.15, -0.1) is 0 Å². The molecule has 0 aliphatic rings. The summed E-state index contributed by atoms with van der Waals surface area (Å²) in [5, 5.41) is 0. The second kappa shape index (κ2) is 3.22. The fraction of sp³-hybridized carbons (Fsp3) is 0.375. The minimum Gasteiger partial charge on any atom is -0.480 e. The molecule has 60 valence electrons. The molecule has 0 N–H and O–H groups in total. The molecule has 1 heterocycles. The Morgan fingerprint density at radius 1 is 1.45 bits per heavy atom. The highest BCUT2D eigenvalue weighted by Crippen LogP contribution is 2.23. The van der Waals surface area contributed by atoms with Crippen molar-refractivity contribution in [3.63, 3.8) is 0 Å². The molecule has 0 amide bonds. The molecular formula is C8H10BrNO. The van der Waals surface area contributed by atoms with Gasteiger partial charge >= 0.3 is 0 Å². The number of nitrogens with zero attached hydrogens (tertiary/aromatic N) is 1. The number of hydrogen-bond acceptors (Lipinski definition) is 2. The van der Waals surface area contributed by atoms with Crippen molar-refractivity contribution in [3.8, 4) is 5.88 Å². The number of aromatic nitrogens is 1. The Hall–Kier alpha value is -0.570. The van der Waals surface area contributed by atoms with Crippen molar-refractivity contribution in [1.29, 1.82) is 0 Å². The molecule has 0 atom stereocenters. The molecule has 3 heteroatoms. The smallest absolute Gasteiger partial charge is 0.227 e. The number of halogens is 1. The lowest BCUT2D eigenvalue weighted by molar-refractivity contribution is 0.394. The van der Waals surface area contributed by atoms with Crippen LogP contribution in [0.5, 0.6) is 5.88 Å². The molecule has 11 heavy (non-hydrogen) atoms. The van der Waals surface area contributed by atoms with Crippen LogP contribution in [0, 0.1) is 13.8 Å². The van der Waals surface area contributed by atoms with Gasteiger partial charge in [-0.25, -0.2) is 4.98 Å². The minimum absolute atomic E-state index is 0.646. The molecule has 0 saturated carbocycles. The maximum atomic E-state index is 5.02. The molecular weight excluding hydrogens is 206 g/mol. The van der Waals surface area contributed by atoms with Gasteiger partial charge in [0.05, 0.1) is 11.6 Å². The topological polar surface area (TPSA) is 22.1 Å². The molecule has 0 aliphatic heterocycles. The molecule has 0 unspecified atom stereocenters. The molecule has 0 aromatic carbocycles. The zero-order chi connectivity index (χ0) is 8.43. The van der Waals surface area contributed by atoms with E-state index in [1.165, 1.54) is 0 Å². The van der Waals surface area contributed by atoms with E-state index in [1.54, 1.807) is 7.11 Å². The van der Waals surface area contributed by atoms with Gasteiger partial charge in [0, 0.05) is 5.69 Å². The third kappa shape index (κ3) is 1.71. The van der Waals surface area contributed by atoms with E-state index in [9.17, 15) is 0 Å². The summed E-state index contributed by atoms with van der Waals surface area (Å²) in [5.74, 6) is 0.646. The standard InChI is InChI=1S/C8H10BrNO/c1-5-4-7(9)8(11-3)10-6(5)2/h4H,1-3H3. The van der Waals surface area contributed by atoms with Gasteiger partial charge in [0.1, 0.15) is 0 Å². The zero-order valence-electron chi connectivity index (χ0n) is 6.81. The van der Waals surface area contributed by atoms with E-state index in [4.69, 9.17) is 4.74 Å². The molecule has 0 fully saturated rings. The summed E-state index contributed by atoms with van der Waals surface area (Å²) in [5.41, 5.74) is 2.17. The van der Waals surface area contributed by atoms with Crippen LogP contribution in [0.1, 0.15) is 11.3 Å². The fourth-order valence-corrected chi connectivity index (χ4v) is 1.39. The summed E-state index contributed by atoms with van der Waals surface area (Å²) in [6.45, 7) is 3.98. The van der Waals surface area contributed by atoms with Gasteiger partial charge in [-0.05, 0) is 41.4 Å². The van der Waals surface area contributed by atoms with E-state index in [-0.39, 0.29) is 0 Å². The van der Waals surface area contributed by atoms with E-state index in [0.29, 0.717) is 5.88 Å². The Bertz CT molecular complexity index is 273. The largest absolute Gasteiger partial charge is 0.480 e. The van der Waals surface area contributed by atoms with Crippen LogP contribution in [-0.2, 0) is 0 Å². The van der Waals surface area contributed by atoms with Gasteiger partial charge in [0.15, 0.2) is 0 Å². The first-order valence-electron chi connectivity index (χ1n) is 3.33. The minimum atomic E-state index is 0.646. The van der Waals surface area contributed by atoms with Gasteiger partial charge in [-0.1, -0.05) is 0 Å². The van der Waals surface area contributed by atoms with Crippen LogP contribution in [0.2, 0.25) is 0 Å². The van der Waals surface area contributed by atoms with E-state index in [2.05, 4.69) is 20.9 Å². The van der Waals surface area contributed by atoms with E-state index >= 15 is 0 Å². The van der Waals surface area contributed by atoms with Gasteiger partial charge in [0.25, 0.3) is 0 Å². The summed E-state index contributed by atoms with van der Waals surface area (Å²) in [6.07, 6.45) is 0. The van der Waals surface area contributed by atoms with Crippen molar-refractivity contribution in [2.75, 3.05) is 7.11 Å². The van der Waals surface area contributed by atoms with Crippen molar-refractivity contribution in [3.05, 3.63) is 21.8 Å². The lowest BCUT2D eigenvalue weighted by Gasteiger charge is -2.04. The first-order valence-corrected chi connectivity index (χ1v) is 4.12. The SMILES string of the molecule is COc1nc(C)c(C)cc1Br.